The highest BCUT2D eigenvalue weighted by molar-refractivity contribution is 6.05. The summed E-state index contributed by atoms with van der Waals surface area (Å²) < 4.78 is 9.60. The van der Waals surface area contributed by atoms with Crippen LogP contribution in [-0.4, -0.2) is 26.0 Å². The second-order valence-electron chi connectivity index (χ2n) is 11.5. The molecule has 8 nitrogen and oxygen atoms in total. The van der Waals surface area contributed by atoms with Crippen molar-refractivity contribution in [1.82, 2.24) is 24.3 Å². The molecule has 0 amide bonds. The maximum atomic E-state index is 13.1. The Bertz CT molecular complexity index is 2100. The predicted octanol–water partition coefficient (Wildman–Crippen LogP) is 8.22. The van der Waals surface area contributed by atoms with Crippen LogP contribution in [0, 0.1) is 0 Å². The SMILES string of the molecule is C1CCC1.C=CCn1c(-c2ccccc2)ncc(NCc2ccc3oc4ccccc4c3c2)c1=O.CNCc1cc2cnccn2c1. The first-order valence-electron chi connectivity index (χ1n) is 16.1. The Morgan fingerprint density at radius 3 is 2.38 bits per heavy atom. The lowest BCUT2D eigenvalue weighted by Gasteiger charge is -2.13. The third-order valence-electron chi connectivity index (χ3n) is 8.15. The summed E-state index contributed by atoms with van der Waals surface area (Å²) >= 11 is 0. The zero-order valence-corrected chi connectivity index (χ0v) is 26.7. The minimum absolute atomic E-state index is 0.122. The fraction of sp³-hybridized carbons (Fsp3) is 0.205. The van der Waals surface area contributed by atoms with Gasteiger partial charge >= 0.3 is 0 Å². The number of benzene rings is 3. The summed E-state index contributed by atoms with van der Waals surface area (Å²) in [6.07, 6.45) is 17.0. The van der Waals surface area contributed by atoms with Crippen molar-refractivity contribution in [2.24, 2.45) is 0 Å². The van der Waals surface area contributed by atoms with E-state index in [9.17, 15) is 4.79 Å². The Morgan fingerprint density at radius 2 is 1.64 bits per heavy atom. The Hall–Kier alpha value is -5.47. The molecule has 1 aliphatic rings. The van der Waals surface area contributed by atoms with Crippen LogP contribution in [0.25, 0.3) is 38.8 Å². The van der Waals surface area contributed by atoms with E-state index in [1.807, 2.05) is 80.1 Å². The fourth-order valence-corrected chi connectivity index (χ4v) is 5.38. The van der Waals surface area contributed by atoms with Gasteiger partial charge in [-0.05, 0) is 42.4 Å². The van der Waals surface area contributed by atoms with Crippen LogP contribution in [0.15, 0.2) is 132 Å². The van der Waals surface area contributed by atoms with Gasteiger partial charge in [-0.2, -0.15) is 0 Å². The number of hydrogen-bond acceptors (Lipinski definition) is 6. The van der Waals surface area contributed by atoms with Crippen molar-refractivity contribution in [1.29, 1.82) is 0 Å². The smallest absolute Gasteiger partial charge is 0.277 e. The van der Waals surface area contributed by atoms with E-state index in [0.717, 1.165) is 45.1 Å². The number of hydrogen-bond donors (Lipinski definition) is 2. The van der Waals surface area contributed by atoms with Gasteiger partial charge in [-0.15, -0.1) is 6.58 Å². The number of rotatable bonds is 8. The highest BCUT2D eigenvalue weighted by Crippen LogP contribution is 2.29. The summed E-state index contributed by atoms with van der Waals surface area (Å²) in [6, 6.07) is 25.9. The molecule has 3 aromatic carbocycles. The molecule has 1 aliphatic carbocycles. The second-order valence-corrected chi connectivity index (χ2v) is 11.5. The normalized spacial score (nSPS) is 12.1. The van der Waals surface area contributed by atoms with Crippen molar-refractivity contribution < 1.29 is 4.42 Å². The molecular weight excluding hydrogens is 584 g/mol. The molecule has 8 heteroatoms. The first kappa shape index (κ1) is 31.5. The van der Waals surface area contributed by atoms with Gasteiger partial charge in [0, 0.05) is 54.6 Å². The van der Waals surface area contributed by atoms with Gasteiger partial charge in [0.15, 0.2) is 0 Å². The van der Waals surface area contributed by atoms with E-state index >= 15 is 0 Å². The molecule has 1 fully saturated rings. The number of fused-ring (bicyclic) bond motifs is 4. The first-order chi connectivity index (χ1) is 23.1. The maximum Gasteiger partial charge on any atom is 0.277 e. The number of nitrogens with one attached hydrogen (secondary N) is 2. The van der Waals surface area contributed by atoms with Crippen LogP contribution >= 0.6 is 0 Å². The highest BCUT2D eigenvalue weighted by atomic mass is 16.3. The number of aromatic nitrogens is 4. The summed E-state index contributed by atoms with van der Waals surface area (Å²) in [5, 5.41) is 8.51. The number of nitrogens with zero attached hydrogens (tertiary/aromatic N) is 4. The molecule has 0 bridgehead atoms. The molecule has 1 saturated carbocycles. The van der Waals surface area contributed by atoms with Crippen LogP contribution in [0.5, 0.6) is 0 Å². The van der Waals surface area contributed by atoms with Crippen molar-refractivity contribution >= 4 is 33.1 Å². The summed E-state index contributed by atoms with van der Waals surface area (Å²) in [7, 11) is 1.95. The maximum absolute atomic E-state index is 13.1. The van der Waals surface area contributed by atoms with E-state index in [4.69, 9.17) is 4.42 Å². The van der Waals surface area contributed by atoms with Crippen LogP contribution < -0.4 is 16.2 Å². The molecule has 4 heterocycles. The summed E-state index contributed by atoms with van der Waals surface area (Å²) in [5.74, 6) is 0.627. The van der Waals surface area contributed by atoms with Crippen molar-refractivity contribution in [3.05, 3.63) is 144 Å². The third-order valence-corrected chi connectivity index (χ3v) is 8.15. The zero-order chi connectivity index (χ0) is 32.4. The van der Waals surface area contributed by atoms with Crippen molar-refractivity contribution in [3.63, 3.8) is 0 Å². The molecule has 0 aliphatic heterocycles. The fourth-order valence-electron chi connectivity index (χ4n) is 5.38. The summed E-state index contributed by atoms with van der Waals surface area (Å²) in [5.41, 5.74) is 6.43. The number of para-hydroxylation sites is 1. The quantitative estimate of drug-likeness (QED) is 0.166. The molecule has 7 aromatic rings. The van der Waals surface area contributed by atoms with Gasteiger partial charge in [-0.1, -0.05) is 86.4 Å². The van der Waals surface area contributed by atoms with E-state index in [1.165, 1.54) is 31.2 Å². The molecule has 0 atom stereocenters. The molecule has 8 rings (SSSR count). The van der Waals surface area contributed by atoms with E-state index in [2.05, 4.69) is 56.0 Å². The largest absolute Gasteiger partial charge is 0.456 e. The molecule has 4 aromatic heterocycles. The monoisotopic (exact) mass is 624 g/mol. The summed E-state index contributed by atoms with van der Waals surface area (Å²) in [4.78, 5) is 21.7. The average molecular weight is 625 g/mol. The standard InChI is InChI=1S/C26H21N3O2.C9H11N3.C4H8/c1-2-14-29-25(19-8-4-3-5-9-19)28-17-22(26(29)30)27-16-18-12-13-24-21(15-18)20-10-6-7-11-23(20)31-24;1-10-5-8-4-9-6-11-2-3-12(9)7-8;1-2-4-3-1/h2-13,15,17,27H,1,14,16H2;2-4,6-7,10H,5H2,1H3;1-4H2. The van der Waals surface area contributed by atoms with Crippen LogP contribution in [0.2, 0.25) is 0 Å². The van der Waals surface area contributed by atoms with Crippen molar-refractivity contribution in [2.45, 2.75) is 45.3 Å². The Balaban J connectivity index is 0.000000197. The number of anilines is 1. The molecule has 47 heavy (non-hydrogen) atoms. The minimum atomic E-state index is -0.122. The van der Waals surface area contributed by atoms with Gasteiger partial charge in [-0.3, -0.25) is 14.3 Å². The molecule has 0 saturated heterocycles. The van der Waals surface area contributed by atoms with Gasteiger partial charge in [0.1, 0.15) is 22.7 Å². The molecule has 0 spiro atoms. The molecule has 238 valence electrons. The lowest BCUT2D eigenvalue weighted by molar-refractivity contribution is 0.504. The Labute approximate surface area is 274 Å². The van der Waals surface area contributed by atoms with Gasteiger partial charge in [0.2, 0.25) is 0 Å². The van der Waals surface area contributed by atoms with Crippen LogP contribution in [0.3, 0.4) is 0 Å². The third kappa shape index (κ3) is 7.51. The Morgan fingerprint density at radius 1 is 0.872 bits per heavy atom. The Kier molecular flexibility index (Phi) is 10.2. The molecule has 0 radical (unpaired) electrons. The molecular formula is C39H40N6O2. The van der Waals surface area contributed by atoms with Gasteiger partial charge in [0.05, 0.1) is 17.9 Å². The van der Waals surface area contributed by atoms with Crippen LogP contribution in [0.4, 0.5) is 5.69 Å². The first-order valence-corrected chi connectivity index (χ1v) is 16.1. The van der Waals surface area contributed by atoms with Gasteiger partial charge in [0.25, 0.3) is 5.56 Å². The van der Waals surface area contributed by atoms with Crippen LogP contribution in [0.1, 0.15) is 36.8 Å². The van der Waals surface area contributed by atoms with Crippen molar-refractivity contribution in [3.8, 4) is 11.4 Å². The zero-order valence-electron chi connectivity index (χ0n) is 26.7. The molecule has 2 N–H and O–H groups in total. The van der Waals surface area contributed by atoms with E-state index < -0.39 is 0 Å². The lowest BCUT2D eigenvalue weighted by Crippen LogP contribution is -2.25. The van der Waals surface area contributed by atoms with E-state index in [-0.39, 0.29) is 5.56 Å². The van der Waals surface area contributed by atoms with Crippen LogP contribution in [-0.2, 0) is 19.6 Å². The predicted molar refractivity (Wildman–Crippen MR) is 192 cm³/mol. The van der Waals surface area contributed by atoms with E-state index in [1.54, 1.807) is 23.0 Å². The van der Waals surface area contributed by atoms with Gasteiger partial charge < -0.3 is 19.5 Å². The van der Waals surface area contributed by atoms with Crippen molar-refractivity contribution in [2.75, 3.05) is 12.4 Å². The second kappa shape index (κ2) is 15.2. The van der Waals surface area contributed by atoms with E-state index in [0.29, 0.717) is 24.6 Å². The number of allylic oxidation sites excluding steroid dienone is 1. The van der Waals surface area contributed by atoms with Gasteiger partial charge in [-0.25, -0.2) is 4.98 Å². The highest BCUT2D eigenvalue weighted by Gasteiger charge is 2.12. The molecule has 0 unspecified atom stereocenters. The minimum Gasteiger partial charge on any atom is -0.456 e. The number of furan rings is 1. The lowest BCUT2D eigenvalue weighted by atomic mass is 10.0. The summed E-state index contributed by atoms with van der Waals surface area (Å²) in [6.45, 7) is 5.58. The topological polar surface area (TPSA) is 89.4 Å². The average Bonchev–Trinajstić information content (AvgIpc) is 3.66.